The summed E-state index contributed by atoms with van der Waals surface area (Å²) in [5, 5.41) is 21.0. The summed E-state index contributed by atoms with van der Waals surface area (Å²) in [6.07, 6.45) is -2.90. The van der Waals surface area contributed by atoms with Crippen molar-refractivity contribution in [3.8, 4) is 0 Å². The van der Waals surface area contributed by atoms with Crippen LogP contribution in [-0.4, -0.2) is 63.5 Å². The Morgan fingerprint density at radius 1 is 1.26 bits per heavy atom. The number of hydrogen-bond donors (Lipinski definition) is 3. The van der Waals surface area contributed by atoms with E-state index in [-0.39, 0.29) is 5.82 Å². The monoisotopic (exact) mass is 336 g/mol. The molecule has 1 aromatic rings. The van der Waals surface area contributed by atoms with Crippen LogP contribution >= 0.6 is 0 Å². The number of aromatic nitrogens is 2. The van der Waals surface area contributed by atoms with Gasteiger partial charge in [-0.05, 0) is 20.3 Å². The number of aliphatic hydroxyl groups excluding tert-OH is 2. The van der Waals surface area contributed by atoms with Gasteiger partial charge in [-0.1, -0.05) is 0 Å². The Bertz CT molecular complexity index is 485. The first-order valence-electron chi connectivity index (χ1n) is 7.32. The molecule has 0 amide bonds. The molecule has 1 fully saturated rings. The number of β-amino-alcohol motifs (C(OH)–C–C–N with tert-alkyl or cyclic N) is 1. The molecule has 6 nitrogen and oxygen atoms in total. The van der Waals surface area contributed by atoms with E-state index in [9.17, 15) is 23.4 Å². The van der Waals surface area contributed by atoms with Crippen LogP contribution in [0.25, 0.3) is 0 Å². The molecule has 2 rings (SSSR count). The summed E-state index contributed by atoms with van der Waals surface area (Å²) in [5.74, 6) is 0.102. The van der Waals surface area contributed by atoms with Crippen molar-refractivity contribution in [1.82, 2.24) is 14.9 Å². The molecule has 0 aromatic carbocycles. The highest BCUT2D eigenvalue weighted by Gasteiger charge is 2.33. The second-order valence-corrected chi connectivity index (χ2v) is 5.55. The maximum absolute atomic E-state index is 12.0. The molecule has 132 valence electrons. The Morgan fingerprint density at radius 3 is 2.39 bits per heavy atom. The zero-order valence-electron chi connectivity index (χ0n) is 13.4. The smallest absolute Gasteiger partial charge is 0.390 e. The number of nitrogens with one attached hydrogen (secondary N) is 1. The number of alkyl halides is 3. The second kappa shape index (κ2) is 8.42. The van der Waals surface area contributed by atoms with E-state index in [4.69, 9.17) is 0 Å². The summed E-state index contributed by atoms with van der Waals surface area (Å²) >= 11 is 0. The van der Waals surface area contributed by atoms with Gasteiger partial charge in [-0.15, -0.1) is 0 Å². The van der Waals surface area contributed by atoms with Gasteiger partial charge >= 0.3 is 6.18 Å². The number of likely N-dealkylation sites (tertiary alicyclic amines) is 1. The van der Waals surface area contributed by atoms with E-state index in [0.717, 1.165) is 6.54 Å². The van der Waals surface area contributed by atoms with Crippen molar-refractivity contribution in [2.24, 2.45) is 0 Å². The van der Waals surface area contributed by atoms with Crippen LogP contribution in [0.3, 0.4) is 0 Å². The van der Waals surface area contributed by atoms with Gasteiger partial charge in [0.15, 0.2) is 5.69 Å². The van der Waals surface area contributed by atoms with Crippen LogP contribution < -0.4 is 5.32 Å². The standard InChI is InChI=1S/C8H17NO2.C6H6F3N3/c1-6(2)9-4-3-7(10)8(11)5-9;1-10-5-3-11-2-4(12-5)6(7,8)9/h6-8,10-11H,3-5H2,1-2H3;2-3H,1H3,(H,10,12). The maximum atomic E-state index is 12.0. The number of piperidine rings is 1. The van der Waals surface area contributed by atoms with Gasteiger partial charge in [-0.2, -0.15) is 13.2 Å². The Hall–Kier alpha value is -1.45. The molecule has 1 saturated heterocycles. The number of aliphatic hydroxyl groups is 2. The molecule has 0 bridgehead atoms. The van der Waals surface area contributed by atoms with Gasteiger partial charge in [-0.3, -0.25) is 9.88 Å². The molecular weight excluding hydrogens is 313 g/mol. The zero-order valence-corrected chi connectivity index (χ0v) is 13.4. The minimum Gasteiger partial charge on any atom is -0.390 e. The minimum atomic E-state index is -4.43. The van der Waals surface area contributed by atoms with Crippen LogP contribution in [0.1, 0.15) is 26.0 Å². The van der Waals surface area contributed by atoms with E-state index in [1.54, 1.807) is 0 Å². The second-order valence-electron chi connectivity index (χ2n) is 5.55. The van der Waals surface area contributed by atoms with Crippen molar-refractivity contribution < 1.29 is 23.4 Å². The van der Waals surface area contributed by atoms with Crippen molar-refractivity contribution in [2.75, 3.05) is 25.5 Å². The third kappa shape index (κ3) is 6.28. The van der Waals surface area contributed by atoms with Crippen LogP contribution in [-0.2, 0) is 6.18 Å². The molecular formula is C14H23F3N4O2. The van der Waals surface area contributed by atoms with Crippen molar-refractivity contribution in [3.05, 3.63) is 18.1 Å². The van der Waals surface area contributed by atoms with Crippen molar-refractivity contribution >= 4 is 5.82 Å². The van der Waals surface area contributed by atoms with Gasteiger partial charge in [0.25, 0.3) is 0 Å². The Morgan fingerprint density at radius 2 is 1.91 bits per heavy atom. The van der Waals surface area contributed by atoms with Crippen LogP contribution in [0, 0.1) is 0 Å². The number of rotatable bonds is 2. The van der Waals surface area contributed by atoms with Gasteiger partial charge < -0.3 is 15.5 Å². The normalized spacial score (nSPS) is 22.5. The maximum Gasteiger partial charge on any atom is 0.434 e. The summed E-state index contributed by atoms with van der Waals surface area (Å²) in [6.45, 7) is 5.71. The first kappa shape index (κ1) is 19.6. The minimum absolute atomic E-state index is 0.102. The molecule has 1 aliphatic heterocycles. The van der Waals surface area contributed by atoms with Crippen LogP contribution in [0.2, 0.25) is 0 Å². The first-order chi connectivity index (χ1) is 10.6. The SMILES string of the molecule is CC(C)N1CCC(O)C(O)C1.CNc1cncc(C(F)(F)F)n1. The molecule has 23 heavy (non-hydrogen) atoms. The van der Waals surface area contributed by atoms with Gasteiger partial charge in [0.1, 0.15) is 5.82 Å². The topological polar surface area (TPSA) is 81.5 Å². The molecule has 2 atom stereocenters. The molecule has 3 N–H and O–H groups in total. The predicted octanol–water partition coefficient (Wildman–Crippen LogP) is 1.36. The Labute approximate surface area is 133 Å². The van der Waals surface area contributed by atoms with E-state index in [1.807, 2.05) is 0 Å². The lowest BCUT2D eigenvalue weighted by Gasteiger charge is -2.35. The summed E-state index contributed by atoms with van der Waals surface area (Å²) in [6, 6.07) is 0.470. The number of anilines is 1. The molecule has 1 aliphatic rings. The van der Waals surface area contributed by atoms with Crippen LogP contribution in [0.5, 0.6) is 0 Å². The molecule has 2 unspecified atom stereocenters. The third-order valence-electron chi connectivity index (χ3n) is 3.49. The molecule has 0 radical (unpaired) electrons. The van der Waals surface area contributed by atoms with Gasteiger partial charge in [0, 0.05) is 26.2 Å². The molecule has 9 heteroatoms. The molecule has 0 spiro atoms. The van der Waals surface area contributed by atoms with Gasteiger partial charge in [-0.25, -0.2) is 4.98 Å². The van der Waals surface area contributed by atoms with Crippen molar-refractivity contribution in [1.29, 1.82) is 0 Å². The van der Waals surface area contributed by atoms with Gasteiger partial charge in [0.05, 0.1) is 24.6 Å². The summed E-state index contributed by atoms with van der Waals surface area (Å²) in [7, 11) is 1.48. The highest BCUT2D eigenvalue weighted by molar-refractivity contribution is 5.30. The average molecular weight is 336 g/mol. The quantitative estimate of drug-likeness (QED) is 0.757. The fraction of sp³-hybridized carbons (Fsp3) is 0.714. The summed E-state index contributed by atoms with van der Waals surface area (Å²) in [4.78, 5) is 8.82. The lowest BCUT2D eigenvalue weighted by molar-refractivity contribution is -0.141. The number of nitrogens with zero attached hydrogens (tertiary/aromatic N) is 3. The molecule has 2 heterocycles. The highest BCUT2D eigenvalue weighted by atomic mass is 19.4. The average Bonchev–Trinajstić information content (AvgIpc) is 2.49. The third-order valence-corrected chi connectivity index (χ3v) is 3.49. The zero-order chi connectivity index (χ0) is 17.6. The Kier molecular flexibility index (Phi) is 7.17. The largest absolute Gasteiger partial charge is 0.434 e. The molecule has 1 aromatic heterocycles. The molecule has 0 aliphatic carbocycles. The Balaban J connectivity index is 0.000000231. The fourth-order valence-electron chi connectivity index (χ4n) is 2.04. The van der Waals surface area contributed by atoms with E-state index < -0.39 is 24.1 Å². The van der Waals surface area contributed by atoms with E-state index in [1.165, 1.54) is 13.2 Å². The summed E-state index contributed by atoms with van der Waals surface area (Å²) < 4.78 is 35.9. The van der Waals surface area contributed by atoms with Crippen LogP contribution in [0.4, 0.5) is 19.0 Å². The lowest BCUT2D eigenvalue weighted by atomic mass is 10.0. The van der Waals surface area contributed by atoms with E-state index in [2.05, 4.69) is 34.0 Å². The number of halogens is 3. The van der Waals surface area contributed by atoms with Crippen molar-refractivity contribution in [2.45, 2.75) is 44.7 Å². The van der Waals surface area contributed by atoms with E-state index >= 15 is 0 Å². The summed E-state index contributed by atoms with van der Waals surface area (Å²) in [5.41, 5.74) is -0.991. The molecule has 0 saturated carbocycles. The number of hydrogen-bond acceptors (Lipinski definition) is 6. The van der Waals surface area contributed by atoms with Crippen LogP contribution in [0.15, 0.2) is 12.4 Å². The lowest BCUT2D eigenvalue weighted by Crippen LogP contribution is -2.49. The first-order valence-corrected chi connectivity index (χ1v) is 7.32. The van der Waals surface area contributed by atoms with E-state index in [0.29, 0.717) is 25.2 Å². The van der Waals surface area contributed by atoms with Crippen molar-refractivity contribution in [3.63, 3.8) is 0 Å². The van der Waals surface area contributed by atoms with Gasteiger partial charge in [0.2, 0.25) is 0 Å². The predicted molar refractivity (Wildman–Crippen MR) is 79.9 cm³/mol. The highest BCUT2D eigenvalue weighted by Crippen LogP contribution is 2.27. The fourth-order valence-corrected chi connectivity index (χ4v) is 2.04.